The van der Waals surface area contributed by atoms with Crippen molar-refractivity contribution in [2.24, 2.45) is 0 Å². The fourth-order valence-electron chi connectivity index (χ4n) is 4.51. The van der Waals surface area contributed by atoms with Crippen LogP contribution in [0.1, 0.15) is 39.6 Å². The molecule has 2 N–H and O–H groups in total. The van der Waals surface area contributed by atoms with E-state index in [2.05, 4.69) is 10.4 Å². The van der Waals surface area contributed by atoms with Gasteiger partial charge in [0.25, 0.3) is 11.8 Å². The normalized spacial score (nSPS) is 17.9. The predicted molar refractivity (Wildman–Crippen MR) is 128 cm³/mol. The summed E-state index contributed by atoms with van der Waals surface area (Å²) in [5.74, 6) is 0.907. The zero-order chi connectivity index (χ0) is 24.0. The van der Waals surface area contributed by atoms with Crippen molar-refractivity contribution in [1.82, 2.24) is 19.8 Å². The van der Waals surface area contributed by atoms with E-state index in [1.165, 1.54) is 0 Å². The molecule has 1 saturated heterocycles. The Morgan fingerprint density at radius 3 is 2.68 bits per heavy atom. The topological polar surface area (TPSA) is 96.2 Å². The molecular formula is C26H26N4O4. The lowest BCUT2D eigenvalue weighted by molar-refractivity contribution is 0.0572. The van der Waals surface area contributed by atoms with Gasteiger partial charge in [-0.15, -0.1) is 0 Å². The number of ether oxygens (including phenoxy) is 1. The molecule has 0 bridgehead atoms. The Kier molecular flexibility index (Phi) is 5.25. The third kappa shape index (κ3) is 3.86. The van der Waals surface area contributed by atoms with E-state index in [0.717, 1.165) is 16.3 Å². The fraction of sp³-hybridized carbons (Fsp3) is 0.269. The quantitative estimate of drug-likeness (QED) is 0.488. The number of aromatic nitrogens is 2. The van der Waals surface area contributed by atoms with Crippen molar-refractivity contribution < 1.29 is 19.4 Å². The first-order valence-electron chi connectivity index (χ1n) is 11.2. The first kappa shape index (κ1) is 21.9. The van der Waals surface area contributed by atoms with Gasteiger partial charge in [-0.3, -0.25) is 9.59 Å². The highest BCUT2D eigenvalue weighted by atomic mass is 16.5. The summed E-state index contributed by atoms with van der Waals surface area (Å²) in [4.78, 5) is 26.8. The summed E-state index contributed by atoms with van der Waals surface area (Å²) in [5, 5.41) is 19.1. The fourth-order valence-corrected chi connectivity index (χ4v) is 4.51. The van der Waals surface area contributed by atoms with E-state index < -0.39 is 5.60 Å². The lowest BCUT2D eigenvalue weighted by atomic mass is 10.1. The van der Waals surface area contributed by atoms with E-state index in [9.17, 15) is 14.7 Å². The highest BCUT2D eigenvalue weighted by Crippen LogP contribution is 2.33. The Morgan fingerprint density at radius 2 is 1.94 bits per heavy atom. The summed E-state index contributed by atoms with van der Waals surface area (Å²) in [7, 11) is 1.60. The van der Waals surface area contributed by atoms with Crippen LogP contribution in [-0.4, -0.2) is 57.2 Å². The highest BCUT2D eigenvalue weighted by Gasteiger charge is 2.35. The van der Waals surface area contributed by atoms with Crippen LogP contribution >= 0.6 is 0 Å². The summed E-state index contributed by atoms with van der Waals surface area (Å²) < 4.78 is 7.88. The summed E-state index contributed by atoms with van der Waals surface area (Å²) in [6.45, 7) is 4.45. The minimum Gasteiger partial charge on any atom is -0.455 e. The van der Waals surface area contributed by atoms with Gasteiger partial charge < -0.3 is 20.1 Å². The maximum Gasteiger partial charge on any atom is 0.255 e. The van der Waals surface area contributed by atoms with Gasteiger partial charge in [0.05, 0.1) is 17.4 Å². The van der Waals surface area contributed by atoms with Gasteiger partial charge in [-0.25, -0.2) is 4.52 Å². The number of aliphatic hydroxyl groups is 1. The van der Waals surface area contributed by atoms with E-state index >= 15 is 0 Å². The third-order valence-corrected chi connectivity index (χ3v) is 6.39. The first-order valence-corrected chi connectivity index (χ1v) is 11.2. The zero-order valence-electron chi connectivity index (χ0n) is 19.3. The van der Waals surface area contributed by atoms with Gasteiger partial charge in [0, 0.05) is 38.0 Å². The Hall–Kier alpha value is -3.91. The molecule has 1 atom stereocenters. The van der Waals surface area contributed by atoms with Gasteiger partial charge >= 0.3 is 0 Å². The molecule has 3 heterocycles. The molecule has 0 unspecified atom stereocenters. The number of carbonyl (C=O) groups is 2. The van der Waals surface area contributed by atoms with Crippen molar-refractivity contribution in [3.8, 4) is 11.5 Å². The van der Waals surface area contributed by atoms with Crippen molar-refractivity contribution in [3.63, 3.8) is 0 Å². The van der Waals surface area contributed by atoms with Crippen LogP contribution < -0.4 is 10.1 Å². The van der Waals surface area contributed by atoms with Crippen molar-refractivity contribution in [2.45, 2.75) is 25.9 Å². The minimum atomic E-state index is -0.858. The molecule has 34 heavy (non-hydrogen) atoms. The summed E-state index contributed by atoms with van der Waals surface area (Å²) >= 11 is 0. The van der Waals surface area contributed by atoms with Gasteiger partial charge in [-0.2, -0.15) is 5.10 Å². The number of fused-ring (bicyclic) bond motifs is 2. The number of carbonyl (C=O) groups excluding carboxylic acids is 2. The lowest BCUT2D eigenvalue weighted by Gasteiger charge is -2.18. The second kappa shape index (κ2) is 8.14. The Labute approximate surface area is 196 Å². The molecule has 0 aliphatic carbocycles. The number of aryl methyl sites for hydroxylation is 1. The molecular weight excluding hydrogens is 432 g/mol. The van der Waals surface area contributed by atoms with Crippen molar-refractivity contribution in [3.05, 3.63) is 71.5 Å². The van der Waals surface area contributed by atoms with Crippen LogP contribution in [0.4, 0.5) is 0 Å². The average molecular weight is 459 g/mol. The number of benzene rings is 2. The Morgan fingerprint density at radius 1 is 1.15 bits per heavy atom. The Balaban J connectivity index is 1.49. The third-order valence-electron chi connectivity index (χ3n) is 6.39. The molecule has 1 aliphatic heterocycles. The van der Waals surface area contributed by atoms with E-state index in [0.29, 0.717) is 47.7 Å². The van der Waals surface area contributed by atoms with Crippen LogP contribution in [0.2, 0.25) is 0 Å². The minimum absolute atomic E-state index is 0.126. The van der Waals surface area contributed by atoms with Gasteiger partial charge in [-0.1, -0.05) is 12.1 Å². The second-order valence-electron chi connectivity index (χ2n) is 9.03. The SMILES string of the molecule is CNC(=O)c1ccc2ccc(Oc3ccnn4cc(C(=O)N5CC[C@@](C)(O)C5)c(C)c34)cc2c1. The largest absolute Gasteiger partial charge is 0.455 e. The van der Waals surface area contributed by atoms with Crippen LogP contribution in [0.25, 0.3) is 16.3 Å². The van der Waals surface area contributed by atoms with Crippen LogP contribution in [0.15, 0.2) is 54.9 Å². The number of hydrogen-bond acceptors (Lipinski definition) is 5. The highest BCUT2D eigenvalue weighted by molar-refractivity contribution is 5.99. The van der Waals surface area contributed by atoms with E-state index in [-0.39, 0.29) is 11.8 Å². The molecule has 1 aliphatic rings. The molecule has 2 amide bonds. The maximum atomic E-state index is 13.2. The molecule has 0 radical (unpaired) electrons. The van der Waals surface area contributed by atoms with Gasteiger partial charge in [0.15, 0.2) is 5.75 Å². The molecule has 2 aromatic heterocycles. The van der Waals surface area contributed by atoms with E-state index in [4.69, 9.17) is 4.74 Å². The van der Waals surface area contributed by atoms with Crippen molar-refractivity contribution >= 4 is 28.1 Å². The van der Waals surface area contributed by atoms with Crippen LogP contribution in [0, 0.1) is 6.92 Å². The second-order valence-corrected chi connectivity index (χ2v) is 9.03. The molecule has 2 aromatic carbocycles. The number of rotatable bonds is 4. The van der Waals surface area contributed by atoms with Crippen molar-refractivity contribution in [2.75, 3.05) is 20.1 Å². The number of nitrogens with one attached hydrogen (secondary N) is 1. The predicted octanol–water partition coefficient (Wildman–Crippen LogP) is 3.54. The summed E-state index contributed by atoms with van der Waals surface area (Å²) in [5.41, 5.74) is 1.72. The number of hydrogen-bond donors (Lipinski definition) is 2. The molecule has 8 nitrogen and oxygen atoms in total. The molecule has 0 spiro atoms. The molecule has 5 rings (SSSR count). The maximum absolute atomic E-state index is 13.2. The smallest absolute Gasteiger partial charge is 0.255 e. The molecule has 4 aromatic rings. The van der Waals surface area contributed by atoms with Gasteiger partial charge in [0.1, 0.15) is 11.3 Å². The average Bonchev–Trinajstić information content (AvgIpc) is 3.37. The molecule has 0 saturated carbocycles. The van der Waals surface area contributed by atoms with Gasteiger partial charge in [0.2, 0.25) is 0 Å². The number of likely N-dealkylation sites (tertiary alicyclic amines) is 1. The van der Waals surface area contributed by atoms with Crippen molar-refractivity contribution in [1.29, 1.82) is 0 Å². The molecule has 174 valence electrons. The summed E-state index contributed by atoms with van der Waals surface area (Å²) in [6, 6.07) is 13.0. The van der Waals surface area contributed by atoms with Crippen LogP contribution in [-0.2, 0) is 0 Å². The molecule has 1 fully saturated rings. The first-order chi connectivity index (χ1) is 16.3. The Bertz CT molecular complexity index is 1440. The summed E-state index contributed by atoms with van der Waals surface area (Å²) in [6.07, 6.45) is 3.89. The van der Waals surface area contributed by atoms with E-state index in [1.54, 1.807) is 47.9 Å². The molecule has 8 heteroatoms. The standard InChI is InChI=1S/C26H26N4O4/c1-16-21(25(32)29-11-9-26(2,33)15-29)14-30-23(16)22(8-10-28-30)34-20-7-6-17-4-5-18(24(31)27-3)12-19(17)13-20/h4-8,10,12-14,33H,9,11,15H2,1-3H3,(H,27,31)/t26-/m1/s1. The monoisotopic (exact) mass is 458 g/mol. The zero-order valence-corrected chi connectivity index (χ0v) is 19.3. The number of nitrogens with zero attached hydrogens (tertiary/aromatic N) is 3. The van der Waals surface area contributed by atoms with Crippen LogP contribution in [0.3, 0.4) is 0 Å². The number of amides is 2. The van der Waals surface area contributed by atoms with Crippen LogP contribution in [0.5, 0.6) is 11.5 Å². The number of β-amino-alcohol motifs (C(OH)–C–C–N with tert-alkyl or cyclic N) is 1. The lowest BCUT2D eigenvalue weighted by Crippen LogP contribution is -2.34. The van der Waals surface area contributed by atoms with Gasteiger partial charge in [-0.05, 0) is 60.9 Å². The van der Waals surface area contributed by atoms with E-state index in [1.807, 2.05) is 37.3 Å².